The van der Waals surface area contributed by atoms with Crippen LogP contribution in [0.1, 0.15) is 36.1 Å². The Hall–Kier alpha value is -2.82. The van der Waals surface area contributed by atoms with E-state index in [9.17, 15) is 9.59 Å². The van der Waals surface area contributed by atoms with Crippen LogP contribution < -0.4 is 10.1 Å². The van der Waals surface area contributed by atoms with Crippen LogP contribution in [0.4, 0.5) is 0 Å². The van der Waals surface area contributed by atoms with E-state index in [-0.39, 0.29) is 18.4 Å². The number of benzene rings is 2. The van der Waals surface area contributed by atoms with Gasteiger partial charge >= 0.3 is 0 Å². The molecule has 28 heavy (non-hydrogen) atoms. The molecule has 2 amide bonds. The molecular weight excluding hydrogens is 352 g/mol. The van der Waals surface area contributed by atoms with Gasteiger partial charge in [-0.2, -0.15) is 0 Å². The second-order valence-corrected chi connectivity index (χ2v) is 7.12. The molecule has 0 fully saturated rings. The van der Waals surface area contributed by atoms with Gasteiger partial charge in [0.2, 0.25) is 5.91 Å². The summed E-state index contributed by atoms with van der Waals surface area (Å²) in [5.41, 5.74) is 4.37. The van der Waals surface area contributed by atoms with E-state index in [0.717, 1.165) is 16.7 Å². The highest BCUT2D eigenvalue weighted by Gasteiger charge is 2.26. The molecule has 0 saturated heterocycles. The zero-order valence-electron chi connectivity index (χ0n) is 17.4. The highest BCUT2D eigenvalue weighted by molar-refractivity contribution is 5.87. The van der Waals surface area contributed by atoms with Crippen molar-refractivity contribution in [3.05, 3.63) is 64.7 Å². The Labute approximate surface area is 167 Å². The Morgan fingerprint density at radius 2 is 1.82 bits per heavy atom. The molecule has 5 nitrogen and oxygen atoms in total. The first-order valence-corrected chi connectivity index (χ1v) is 9.64. The summed E-state index contributed by atoms with van der Waals surface area (Å²) < 4.78 is 5.71. The van der Waals surface area contributed by atoms with Crippen molar-refractivity contribution < 1.29 is 14.3 Å². The molecule has 1 atom stereocenters. The Morgan fingerprint density at radius 1 is 1.07 bits per heavy atom. The fraction of sp³-hybridized carbons (Fsp3) is 0.391. The summed E-state index contributed by atoms with van der Waals surface area (Å²) in [7, 11) is 0. The smallest absolute Gasteiger partial charge is 0.261 e. The van der Waals surface area contributed by atoms with Crippen molar-refractivity contribution in [2.24, 2.45) is 0 Å². The molecule has 1 unspecified atom stereocenters. The number of aryl methyl sites for hydroxylation is 3. The van der Waals surface area contributed by atoms with Crippen molar-refractivity contribution >= 4 is 11.8 Å². The average Bonchev–Trinajstić information content (AvgIpc) is 2.66. The highest BCUT2D eigenvalue weighted by atomic mass is 16.5. The molecule has 5 heteroatoms. The monoisotopic (exact) mass is 382 g/mol. The van der Waals surface area contributed by atoms with Crippen molar-refractivity contribution in [3.8, 4) is 5.75 Å². The van der Waals surface area contributed by atoms with Gasteiger partial charge in [-0.3, -0.25) is 9.59 Å². The van der Waals surface area contributed by atoms with E-state index in [1.54, 1.807) is 11.8 Å². The fourth-order valence-electron chi connectivity index (χ4n) is 2.94. The van der Waals surface area contributed by atoms with Gasteiger partial charge in [0.1, 0.15) is 11.8 Å². The summed E-state index contributed by atoms with van der Waals surface area (Å²) in [5.74, 6) is 0.255. The van der Waals surface area contributed by atoms with E-state index < -0.39 is 6.04 Å². The van der Waals surface area contributed by atoms with E-state index in [1.165, 1.54) is 5.56 Å². The molecule has 2 rings (SSSR count). The summed E-state index contributed by atoms with van der Waals surface area (Å²) in [4.78, 5) is 26.9. The molecule has 0 aliphatic heterocycles. The van der Waals surface area contributed by atoms with Gasteiger partial charge in [0.15, 0.2) is 6.61 Å². The highest BCUT2D eigenvalue weighted by Crippen LogP contribution is 2.17. The van der Waals surface area contributed by atoms with Crippen LogP contribution in [-0.2, 0) is 16.1 Å². The molecule has 0 spiro atoms. The number of nitrogens with zero attached hydrogens (tertiary/aromatic N) is 1. The lowest BCUT2D eigenvalue weighted by atomic mass is 10.1. The number of hydrogen-bond acceptors (Lipinski definition) is 3. The van der Waals surface area contributed by atoms with Gasteiger partial charge in [0.05, 0.1) is 0 Å². The molecular formula is C23H30N2O3. The molecule has 0 heterocycles. The third-order valence-corrected chi connectivity index (χ3v) is 4.79. The number of amides is 2. The maximum Gasteiger partial charge on any atom is 0.261 e. The Morgan fingerprint density at radius 3 is 2.46 bits per heavy atom. The Kier molecular flexibility index (Phi) is 7.61. The number of carbonyl (C=O) groups is 2. The SMILES string of the molecule is CCNC(=O)C(C)N(Cc1cccc(C)c1)C(=O)COc1ccc(C)c(C)c1. The molecule has 0 aromatic heterocycles. The number of likely N-dealkylation sites (N-methyl/N-ethyl adjacent to an activating group) is 1. The predicted octanol–water partition coefficient (Wildman–Crippen LogP) is 3.54. The molecule has 0 aliphatic rings. The summed E-state index contributed by atoms with van der Waals surface area (Å²) in [5, 5.41) is 2.79. The minimum absolute atomic E-state index is 0.113. The van der Waals surface area contributed by atoms with Crippen molar-refractivity contribution in [2.45, 2.75) is 47.2 Å². The van der Waals surface area contributed by atoms with Gasteiger partial charge in [-0.05, 0) is 63.4 Å². The van der Waals surface area contributed by atoms with E-state index in [4.69, 9.17) is 4.74 Å². The maximum absolute atomic E-state index is 12.9. The number of ether oxygens (including phenoxy) is 1. The van der Waals surface area contributed by atoms with Crippen molar-refractivity contribution in [1.82, 2.24) is 10.2 Å². The zero-order chi connectivity index (χ0) is 20.7. The number of hydrogen-bond donors (Lipinski definition) is 1. The lowest BCUT2D eigenvalue weighted by molar-refractivity contribution is -0.142. The molecule has 1 N–H and O–H groups in total. The van der Waals surface area contributed by atoms with Gasteiger partial charge in [-0.15, -0.1) is 0 Å². The minimum atomic E-state index is -0.587. The number of carbonyl (C=O) groups excluding carboxylic acids is 2. The predicted molar refractivity (Wildman–Crippen MR) is 111 cm³/mol. The lowest BCUT2D eigenvalue weighted by Gasteiger charge is -2.28. The van der Waals surface area contributed by atoms with Gasteiger partial charge < -0.3 is 15.0 Å². The molecule has 2 aromatic rings. The summed E-state index contributed by atoms with van der Waals surface area (Å²) in [6.45, 7) is 10.4. The van der Waals surface area contributed by atoms with Crippen molar-refractivity contribution in [1.29, 1.82) is 0 Å². The minimum Gasteiger partial charge on any atom is -0.484 e. The molecule has 0 radical (unpaired) electrons. The third kappa shape index (κ3) is 5.84. The Balaban J connectivity index is 2.15. The Bertz CT molecular complexity index is 832. The number of nitrogens with one attached hydrogen (secondary N) is 1. The molecule has 0 aliphatic carbocycles. The van der Waals surface area contributed by atoms with Crippen LogP contribution in [0.5, 0.6) is 5.75 Å². The second-order valence-electron chi connectivity index (χ2n) is 7.12. The van der Waals surface area contributed by atoms with E-state index >= 15 is 0 Å². The van der Waals surface area contributed by atoms with Crippen molar-refractivity contribution in [3.63, 3.8) is 0 Å². The van der Waals surface area contributed by atoms with Crippen LogP contribution >= 0.6 is 0 Å². The quantitative estimate of drug-likeness (QED) is 0.760. The molecule has 0 bridgehead atoms. The van der Waals surface area contributed by atoms with Crippen LogP contribution in [0, 0.1) is 20.8 Å². The zero-order valence-corrected chi connectivity index (χ0v) is 17.4. The normalized spacial score (nSPS) is 11.6. The molecule has 0 saturated carbocycles. The van der Waals surface area contributed by atoms with E-state index in [0.29, 0.717) is 18.8 Å². The topological polar surface area (TPSA) is 58.6 Å². The standard InChI is InChI=1S/C23H30N2O3/c1-6-24-23(27)19(5)25(14-20-9-7-8-16(2)12-20)22(26)15-28-21-11-10-17(3)18(4)13-21/h7-13,19H,6,14-15H2,1-5H3,(H,24,27). The number of rotatable bonds is 8. The molecule has 2 aromatic carbocycles. The maximum atomic E-state index is 12.9. The van der Waals surface area contributed by atoms with E-state index in [1.807, 2.05) is 70.2 Å². The first-order valence-electron chi connectivity index (χ1n) is 9.64. The van der Waals surface area contributed by atoms with Crippen LogP contribution in [0.3, 0.4) is 0 Å². The van der Waals surface area contributed by atoms with Crippen LogP contribution in [0.25, 0.3) is 0 Å². The van der Waals surface area contributed by atoms with Crippen LogP contribution in [0.15, 0.2) is 42.5 Å². The largest absolute Gasteiger partial charge is 0.484 e. The first kappa shape index (κ1) is 21.5. The summed E-state index contributed by atoms with van der Waals surface area (Å²) in [6, 6.07) is 13.1. The van der Waals surface area contributed by atoms with Gasteiger partial charge in [-0.25, -0.2) is 0 Å². The fourth-order valence-corrected chi connectivity index (χ4v) is 2.94. The third-order valence-electron chi connectivity index (χ3n) is 4.79. The van der Waals surface area contributed by atoms with Gasteiger partial charge in [0, 0.05) is 13.1 Å². The average molecular weight is 383 g/mol. The van der Waals surface area contributed by atoms with E-state index in [2.05, 4.69) is 5.32 Å². The van der Waals surface area contributed by atoms with Crippen molar-refractivity contribution in [2.75, 3.05) is 13.2 Å². The first-order chi connectivity index (χ1) is 13.3. The van der Waals surface area contributed by atoms with Gasteiger partial charge in [0.25, 0.3) is 5.91 Å². The van der Waals surface area contributed by atoms with Crippen LogP contribution in [0.2, 0.25) is 0 Å². The van der Waals surface area contributed by atoms with Crippen LogP contribution in [-0.4, -0.2) is 35.9 Å². The summed E-state index contributed by atoms with van der Waals surface area (Å²) >= 11 is 0. The lowest BCUT2D eigenvalue weighted by Crippen LogP contribution is -2.49. The van der Waals surface area contributed by atoms with Gasteiger partial charge in [-0.1, -0.05) is 35.9 Å². The summed E-state index contributed by atoms with van der Waals surface area (Å²) in [6.07, 6.45) is 0. The second kappa shape index (κ2) is 9.93. The molecule has 150 valence electrons.